The molecule has 0 fully saturated rings. The Hall–Kier alpha value is -1.25. The van der Waals surface area contributed by atoms with Crippen molar-refractivity contribution in [3.63, 3.8) is 0 Å². The minimum atomic E-state index is -6.11. The molecule has 0 aromatic heterocycles. The summed E-state index contributed by atoms with van der Waals surface area (Å²) in [5, 5.41) is 9.72. The van der Waals surface area contributed by atoms with Gasteiger partial charge in [-0.15, -0.1) is 0 Å². The second-order valence-electron chi connectivity index (χ2n) is 5.43. The molecule has 0 aliphatic carbocycles. The lowest BCUT2D eigenvalue weighted by Gasteiger charge is -2.51. The van der Waals surface area contributed by atoms with Gasteiger partial charge in [-0.1, -0.05) is 34.3 Å². The third kappa shape index (κ3) is 2.95. The van der Waals surface area contributed by atoms with Crippen LogP contribution in [0.1, 0.15) is 27.7 Å². The molecule has 0 amide bonds. The molecule has 0 rings (SSSR count). The number of hydrogen-bond donors (Lipinski definition) is 1. The van der Waals surface area contributed by atoms with Gasteiger partial charge in [-0.2, -0.15) is 26.3 Å². The molecular formula is C13H18F6O3. The molecule has 3 nitrogen and oxygen atoms in total. The minimum absolute atomic E-state index is 0.437. The standard InChI is InChI=1S/C13H18F6O3/c1-6-9(20)22-10(7(2)3,8(4)5)11(21,12(14,15)16)13(17,18)19/h6-8,21H,1H2,2-5H3. The first-order valence-corrected chi connectivity index (χ1v) is 6.30. The van der Waals surface area contributed by atoms with E-state index in [0.717, 1.165) is 27.7 Å². The minimum Gasteiger partial charge on any atom is -0.452 e. The number of ether oxygens (including phenoxy) is 1. The third-order valence-electron chi connectivity index (χ3n) is 3.54. The average Bonchev–Trinajstić information content (AvgIpc) is 2.30. The number of aliphatic hydroxyl groups is 1. The summed E-state index contributed by atoms with van der Waals surface area (Å²) in [5.41, 5.74) is -8.50. The van der Waals surface area contributed by atoms with Gasteiger partial charge in [0.1, 0.15) is 0 Å². The molecule has 0 radical (unpaired) electrons. The highest BCUT2D eigenvalue weighted by molar-refractivity contribution is 5.81. The first-order valence-electron chi connectivity index (χ1n) is 6.30. The molecule has 0 unspecified atom stereocenters. The van der Waals surface area contributed by atoms with Gasteiger partial charge in [-0.25, -0.2) is 4.79 Å². The van der Waals surface area contributed by atoms with Crippen molar-refractivity contribution in [1.29, 1.82) is 0 Å². The van der Waals surface area contributed by atoms with Crippen molar-refractivity contribution in [3.05, 3.63) is 12.7 Å². The molecule has 0 heterocycles. The van der Waals surface area contributed by atoms with E-state index in [1.165, 1.54) is 0 Å². The lowest BCUT2D eigenvalue weighted by Crippen LogP contribution is -2.75. The zero-order chi connectivity index (χ0) is 18.1. The zero-order valence-electron chi connectivity index (χ0n) is 12.5. The van der Waals surface area contributed by atoms with Crippen molar-refractivity contribution in [2.24, 2.45) is 11.8 Å². The van der Waals surface area contributed by atoms with E-state index in [4.69, 9.17) is 0 Å². The average molecular weight is 336 g/mol. The van der Waals surface area contributed by atoms with Crippen LogP contribution in [-0.2, 0) is 9.53 Å². The van der Waals surface area contributed by atoms with Crippen LogP contribution in [-0.4, -0.2) is 34.6 Å². The largest absolute Gasteiger partial charge is 0.452 e. The fourth-order valence-corrected chi connectivity index (χ4v) is 2.62. The van der Waals surface area contributed by atoms with E-state index in [2.05, 4.69) is 11.3 Å². The van der Waals surface area contributed by atoms with Crippen LogP contribution in [0.15, 0.2) is 12.7 Å². The van der Waals surface area contributed by atoms with Crippen molar-refractivity contribution in [1.82, 2.24) is 0 Å². The monoisotopic (exact) mass is 336 g/mol. The van der Waals surface area contributed by atoms with Gasteiger partial charge in [0.2, 0.25) is 0 Å². The van der Waals surface area contributed by atoms with Crippen LogP contribution in [0.25, 0.3) is 0 Å². The summed E-state index contributed by atoms with van der Waals surface area (Å²) < 4.78 is 83.6. The smallest absolute Gasteiger partial charge is 0.430 e. The number of esters is 1. The summed E-state index contributed by atoms with van der Waals surface area (Å²) in [5.74, 6) is -4.48. The van der Waals surface area contributed by atoms with Crippen molar-refractivity contribution in [2.75, 3.05) is 0 Å². The first-order chi connectivity index (χ1) is 9.59. The summed E-state index contributed by atoms with van der Waals surface area (Å²) in [6.45, 7) is 6.95. The van der Waals surface area contributed by atoms with E-state index in [1.807, 2.05) is 0 Å². The van der Waals surface area contributed by atoms with Crippen LogP contribution >= 0.6 is 0 Å². The zero-order valence-corrected chi connectivity index (χ0v) is 12.5. The molecule has 22 heavy (non-hydrogen) atoms. The Kier molecular flexibility index (Phi) is 5.75. The summed E-state index contributed by atoms with van der Waals surface area (Å²) in [6, 6.07) is 0. The van der Waals surface area contributed by atoms with Crippen molar-refractivity contribution < 1.29 is 41.0 Å². The van der Waals surface area contributed by atoms with E-state index >= 15 is 0 Å². The molecule has 0 aromatic rings. The highest BCUT2D eigenvalue weighted by Gasteiger charge is 2.82. The van der Waals surface area contributed by atoms with Gasteiger partial charge in [-0.05, 0) is 11.8 Å². The summed E-state index contributed by atoms with van der Waals surface area (Å²) in [4.78, 5) is 11.4. The normalized spacial score (nSPS) is 14.4. The lowest BCUT2D eigenvalue weighted by atomic mass is 9.67. The maximum Gasteiger partial charge on any atom is 0.430 e. The SMILES string of the molecule is C=CC(=O)OC(C(C)C)(C(C)C)C(O)(C(F)(F)F)C(F)(F)F. The number of alkyl halides is 6. The van der Waals surface area contributed by atoms with Gasteiger partial charge in [-0.3, -0.25) is 0 Å². The Labute approximate surface area is 123 Å². The highest BCUT2D eigenvalue weighted by atomic mass is 19.4. The van der Waals surface area contributed by atoms with Crippen LogP contribution in [0.4, 0.5) is 26.3 Å². The van der Waals surface area contributed by atoms with Gasteiger partial charge in [0.05, 0.1) is 0 Å². The molecule has 9 heteroatoms. The second-order valence-corrected chi connectivity index (χ2v) is 5.43. The molecule has 0 spiro atoms. The van der Waals surface area contributed by atoms with Gasteiger partial charge in [0.25, 0.3) is 5.60 Å². The topological polar surface area (TPSA) is 46.5 Å². The Morgan fingerprint density at radius 2 is 1.32 bits per heavy atom. The molecule has 0 saturated heterocycles. The van der Waals surface area contributed by atoms with Crippen LogP contribution in [0.3, 0.4) is 0 Å². The third-order valence-corrected chi connectivity index (χ3v) is 3.54. The van der Waals surface area contributed by atoms with Crippen LogP contribution in [0.2, 0.25) is 0 Å². The van der Waals surface area contributed by atoms with Gasteiger partial charge < -0.3 is 9.84 Å². The molecule has 0 atom stereocenters. The van der Waals surface area contributed by atoms with Crippen molar-refractivity contribution in [3.8, 4) is 0 Å². The van der Waals surface area contributed by atoms with Crippen LogP contribution in [0, 0.1) is 11.8 Å². The van der Waals surface area contributed by atoms with Gasteiger partial charge >= 0.3 is 18.3 Å². The molecule has 1 N–H and O–H groups in total. The second kappa shape index (κ2) is 6.10. The Balaban J connectivity index is 6.70. The maximum absolute atomic E-state index is 13.2. The Morgan fingerprint density at radius 1 is 1.00 bits per heavy atom. The maximum atomic E-state index is 13.2. The molecule has 0 aliphatic heterocycles. The van der Waals surface area contributed by atoms with E-state index in [1.54, 1.807) is 0 Å². The summed E-state index contributed by atoms with van der Waals surface area (Å²) in [6.07, 6.45) is -11.8. The molecule has 0 aromatic carbocycles. The van der Waals surface area contributed by atoms with Crippen molar-refractivity contribution in [2.45, 2.75) is 51.2 Å². The van der Waals surface area contributed by atoms with E-state index < -0.39 is 41.4 Å². The Bertz CT molecular complexity index is 400. The number of halogens is 6. The molecule has 0 aliphatic rings. The van der Waals surface area contributed by atoms with E-state index in [9.17, 15) is 36.2 Å². The molecule has 0 bridgehead atoms. The number of rotatable bonds is 5. The van der Waals surface area contributed by atoms with E-state index in [0.29, 0.717) is 6.08 Å². The van der Waals surface area contributed by atoms with E-state index in [-0.39, 0.29) is 0 Å². The quantitative estimate of drug-likeness (QED) is 0.474. The summed E-state index contributed by atoms with van der Waals surface area (Å²) in [7, 11) is 0. The molecular weight excluding hydrogens is 318 g/mol. The van der Waals surface area contributed by atoms with Gasteiger partial charge in [0, 0.05) is 6.08 Å². The fourth-order valence-electron chi connectivity index (χ4n) is 2.62. The summed E-state index contributed by atoms with van der Waals surface area (Å²) >= 11 is 0. The Morgan fingerprint density at radius 3 is 1.50 bits per heavy atom. The predicted molar refractivity (Wildman–Crippen MR) is 65.8 cm³/mol. The fraction of sp³-hybridized carbons (Fsp3) is 0.769. The van der Waals surface area contributed by atoms with Crippen LogP contribution in [0.5, 0.6) is 0 Å². The molecule has 0 saturated carbocycles. The van der Waals surface area contributed by atoms with Crippen molar-refractivity contribution >= 4 is 5.97 Å². The number of hydrogen-bond acceptors (Lipinski definition) is 3. The first kappa shape index (κ1) is 20.8. The number of carbonyl (C=O) groups excluding carboxylic acids is 1. The van der Waals surface area contributed by atoms with Crippen LogP contribution < -0.4 is 0 Å². The number of carbonyl (C=O) groups is 1. The predicted octanol–water partition coefficient (Wildman–Crippen LogP) is 3.62. The van der Waals surface area contributed by atoms with Gasteiger partial charge in [0.15, 0.2) is 5.60 Å². The highest BCUT2D eigenvalue weighted by Crippen LogP contribution is 2.56. The molecule has 130 valence electrons. The lowest BCUT2D eigenvalue weighted by molar-refractivity contribution is -0.424.